The molecular weight excluding hydrogens is 300 g/mol. The first-order chi connectivity index (χ1) is 9.31. The molecule has 0 saturated heterocycles. The molecule has 0 spiro atoms. The van der Waals surface area contributed by atoms with E-state index in [0.29, 0.717) is 19.8 Å². The Labute approximate surface area is 129 Å². The van der Waals surface area contributed by atoms with E-state index >= 15 is 0 Å². The van der Waals surface area contributed by atoms with Crippen molar-refractivity contribution in [1.82, 2.24) is 10.6 Å². The van der Waals surface area contributed by atoms with E-state index in [4.69, 9.17) is 9.47 Å². The number of amides is 1. The highest BCUT2D eigenvalue weighted by Gasteiger charge is 2.17. The molecule has 1 aliphatic heterocycles. The Hall–Kier alpha value is -0.660. The number of hydrogen-bond donors (Lipinski definition) is 2. The second-order valence-corrected chi connectivity index (χ2v) is 5.50. The summed E-state index contributed by atoms with van der Waals surface area (Å²) in [5.74, 6) is 0.00735. The normalized spacial score (nSPS) is 13.4. The molecule has 2 heterocycles. The SMILES string of the molecule is COCCNCCNC(=O)c1cc2c(s1)CCOC2.Cl. The maximum Gasteiger partial charge on any atom is 0.261 e. The minimum Gasteiger partial charge on any atom is -0.383 e. The summed E-state index contributed by atoms with van der Waals surface area (Å²) in [6.45, 7) is 4.27. The summed E-state index contributed by atoms with van der Waals surface area (Å²) < 4.78 is 10.3. The van der Waals surface area contributed by atoms with Crippen LogP contribution in [0.2, 0.25) is 0 Å². The highest BCUT2D eigenvalue weighted by atomic mass is 35.5. The highest BCUT2D eigenvalue weighted by Crippen LogP contribution is 2.26. The van der Waals surface area contributed by atoms with E-state index in [-0.39, 0.29) is 18.3 Å². The molecule has 7 heteroatoms. The summed E-state index contributed by atoms with van der Waals surface area (Å²) in [5.41, 5.74) is 1.17. The predicted molar refractivity (Wildman–Crippen MR) is 82.0 cm³/mol. The van der Waals surface area contributed by atoms with E-state index in [0.717, 1.165) is 31.0 Å². The Bertz CT molecular complexity index is 402. The third-order valence-electron chi connectivity index (χ3n) is 2.92. The van der Waals surface area contributed by atoms with Crippen LogP contribution in [0, 0.1) is 0 Å². The fourth-order valence-corrected chi connectivity index (χ4v) is 2.98. The predicted octanol–water partition coefficient (Wildman–Crippen LogP) is 1.21. The van der Waals surface area contributed by atoms with Crippen LogP contribution in [0.3, 0.4) is 0 Å². The Morgan fingerprint density at radius 3 is 3.05 bits per heavy atom. The number of rotatable bonds is 7. The zero-order chi connectivity index (χ0) is 13.5. The number of fused-ring (bicyclic) bond motifs is 1. The number of methoxy groups -OCH3 is 1. The molecule has 1 aliphatic rings. The second kappa shape index (κ2) is 9.31. The Balaban J connectivity index is 0.00000200. The van der Waals surface area contributed by atoms with Crippen molar-refractivity contribution in [1.29, 1.82) is 0 Å². The lowest BCUT2D eigenvalue weighted by Crippen LogP contribution is -2.32. The van der Waals surface area contributed by atoms with Gasteiger partial charge in [0.1, 0.15) is 0 Å². The molecule has 2 N–H and O–H groups in total. The van der Waals surface area contributed by atoms with Gasteiger partial charge in [-0.2, -0.15) is 0 Å². The molecule has 0 fully saturated rings. The van der Waals surface area contributed by atoms with Crippen molar-refractivity contribution in [3.63, 3.8) is 0 Å². The largest absolute Gasteiger partial charge is 0.383 e. The fraction of sp³-hybridized carbons (Fsp3) is 0.615. The van der Waals surface area contributed by atoms with Crippen LogP contribution in [0.25, 0.3) is 0 Å². The van der Waals surface area contributed by atoms with Crippen molar-refractivity contribution in [2.45, 2.75) is 13.0 Å². The quantitative estimate of drug-likeness (QED) is 0.741. The molecule has 20 heavy (non-hydrogen) atoms. The molecule has 0 radical (unpaired) electrons. The molecule has 114 valence electrons. The molecular formula is C13H21ClN2O3S. The molecule has 0 aliphatic carbocycles. The van der Waals surface area contributed by atoms with Crippen molar-refractivity contribution in [2.24, 2.45) is 0 Å². The standard InChI is InChI=1S/C13H20N2O3S.ClH/c1-17-7-5-14-3-4-15-13(16)12-8-10-9-18-6-2-11(10)19-12;/h8,14H,2-7,9H2,1H3,(H,15,16);1H. The number of carbonyl (C=O) groups excluding carboxylic acids is 1. The molecule has 2 rings (SSSR count). The van der Waals surface area contributed by atoms with Crippen molar-refractivity contribution in [3.8, 4) is 0 Å². The maximum atomic E-state index is 12.0. The van der Waals surface area contributed by atoms with Crippen LogP contribution in [0.15, 0.2) is 6.07 Å². The molecule has 1 aromatic rings. The molecule has 0 saturated carbocycles. The lowest BCUT2D eigenvalue weighted by molar-refractivity contribution is 0.0957. The summed E-state index contributed by atoms with van der Waals surface area (Å²) in [7, 11) is 1.67. The van der Waals surface area contributed by atoms with Gasteiger partial charge in [-0.25, -0.2) is 0 Å². The van der Waals surface area contributed by atoms with Gasteiger partial charge in [0.2, 0.25) is 0 Å². The summed E-state index contributed by atoms with van der Waals surface area (Å²) in [6.07, 6.45) is 0.922. The molecule has 1 aromatic heterocycles. The lowest BCUT2D eigenvalue weighted by atomic mass is 10.2. The number of halogens is 1. The highest BCUT2D eigenvalue weighted by molar-refractivity contribution is 7.14. The minimum absolute atomic E-state index is 0. The van der Waals surface area contributed by atoms with E-state index in [1.807, 2.05) is 6.07 Å². The molecule has 5 nitrogen and oxygen atoms in total. The monoisotopic (exact) mass is 320 g/mol. The van der Waals surface area contributed by atoms with E-state index in [9.17, 15) is 4.79 Å². The Morgan fingerprint density at radius 2 is 2.30 bits per heavy atom. The summed E-state index contributed by atoms with van der Waals surface area (Å²) in [4.78, 5) is 14.0. The van der Waals surface area contributed by atoms with E-state index in [1.165, 1.54) is 10.4 Å². The molecule has 1 amide bonds. The van der Waals surface area contributed by atoms with Crippen molar-refractivity contribution >= 4 is 29.7 Å². The zero-order valence-electron chi connectivity index (χ0n) is 11.6. The van der Waals surface area contributed by atoms with Crippen LogP contribution < -0.4 is 10.6 Å². The summed E-state index contributed by atoms with van der Waals surface area (Å²) in [6, 6.07) is 1.95. The van der Waals surface area contributed by atoms with Gasteiger partial charge in [0.15, 0.2) is 0 Å². The maximum absolute atomic E-state index is 12.0. The van der Waals surface area contributed by atoms with E-state index < -0.39 is 0 Å². The number of nitrogens with one attached hydrogen (secondary N) is 2. The van der Waals surface area contributed by atoms with Gasteiger partial charge in [0, 0.05) is 38.0 Å². The first kappa shape index (κ1) is 17.4. The van der Waals surface area contributed by atoms with E-state index in [2.05, 4.69) is 10.6 Å². The van der Waals surface area contributed by atoms with Crippen LogP contribution >= 0.6 is 23.7 Å². The molecule has 0 unspecified atom stereocenters. The van der Waals surface area contributed by atoms with Crippen LogP contribution in [0.5, 0.6) is 0 Å². The first-order valence-corrected chi connectivity index (χ1v) is 7.30. The number of thiophene rings is 1. The minimum atomic E-state index is 0. The topological polar surface area (TPSA) is 59.6 Å². The second-order valence-electron chi connectivity index (χ2n) is 4.36. The number of hydrogen-bond acceptors (Lipinski definition) is 5. The van der Waals surface area contributed by atoms with Gasteiger partial charge in [-0.1, -0.05) is 0 Å². The summed E-state index contributed by atoms with van der Waals surface area (Å²) >= 11 is 1.58. The first-order valence-electron chi connectivity index (χ1n) is 6.48. The third-order valence-corrected chi connectivity index (χ3v) is 4.16. The summed E-state index contributed by atoms with van der Waals surface area (Å²) in [5, 5.41) is 6.10. The van der Waals surface area contributed by atoms with Crippen LogP contribution in [0.4, 0.5) is 0 Å². The van der Waals surface area contributed by atoms with Gasteiger partial charge < -0.3 is 20.1 Å². The average molecular weight is 321 g/mol. The van der Waals surface area contributed by atoms with Gasteiger partial charge in [0.05, 0.1) is 24.7 Å². The van der Waals surface area contributed by atoms with Crippen LogP contribution in [-0.4, -0.2) is 45.9 Å². The van der Waals surface area contributed by atoms with E-state index in [1.54, 1.807) is 18.4 Å². The zero-order valence-corrected chi connectivity index (χ0v) is 13.2. The van der Waals surface area contributed by atoms with Gasteiger partial charge in [-0.15, -0.1) is 23.7 Å². The number of carbonyl (C=O) groups is 1. The lowest BCUT2D eigenvalue weighted by Gasteiger charge is -2.10. The van der Waals surface area contributed by atoms with Gasteiger partial charge in [0.25, 0.3) is 5.91 Å². The smallest absolute Gasteiger partial charge is 0.261 e. The molecule has 0 aromatic carbocycles. The Morgan fingerprint density at radius 1 is 1.45 bits per heavy atom. The number of ether oxygens (including phenoxy) is 2. The van der Waals surface area contributed by atoms with Gasteiger partial charge in [-0.05, 0) is 11.6 Å². The fourth-order valence-electron chi connectivity index (χ4n) is 1.91. The molecule has 0 bridgehead atoms. The van der Waals surface area contributed by atoms with Crippen molar-refractivity contribution in [3.05, 3.63) is 21.4 Å². The molecule has 0 atom stereocenters. The van der Waals surface area contributed by atoms with Crippen LogP contribution in [0.1, 0.15) is 20.1 Å². The van der Waals surface area contributed by atoms with Gasteiger partial charge >= 0.3 is 0 Å². The van der Waals surface area contributed by atoms with Crippen molar-refractivity contribution in [2.75, 3.05) is 40.0 Å². The van der Waals surface area contributed by atoms with Crippen LogP contribution in [-0.2, 0) is 22.5 Å². The van der Waals surface area contributed by atoms with Crippen molar-refractivity contribution < 1.29 is 14.3 Å². The van der Waals surface area contributed by atoms with Gasteiger partial charge in [-0.3, -0.25) is 4.79 Å². The average Bonchev–Trinajstić information content (AvgIpc) is 2.86. The Kier molecular flexibility index (Phi) is 8.09. The third kappa shape index (κ3) is 5.03.